The third-order valence-corrected chi connectivity index (χ3v) is 2.67. The van der Waals surface area contributed by atoms with Gasteiger partial charge in [0, 0.05) is 38.0 Å². The van der Waals surface area contributed by atoms with Crippen molar-refractivity contribution in [1.29, 1.82) is 0 Å². The molecule has 102 valence electrons. The van der Waals surface area contributed by atoms with E-state index in [9.17, 15) is 0 Å². The maximum atomic E-state index is 5.40. The molecule has 0 aliphatic rings. The topological polar surface area (TPSA) is 50.3 Å². The molecule has 0 aliphatic carbocycles. The predicted octanol–water partition coefficient (Wildman–Crippen LogP) is 2.08. The smallest absolute Gasteiger partial charge is 0.224 e. The Balaban J connectivity index is 2.79. The highest BCUT2D eigenvalue weighted by atomic mass is 16.5. The molecule has 5 nitrogen and oxygen atoms in total. The van der Waals surface area contributed by atoms with Crippen LogP contribution in [-0.4, -0.2) is 42.8 Å². The van der Waals surface area contributed by atoms with Gasteiger partial charge in [0.1, 0.15) is 5.82 Å². The fourth-order valence-electron chi connectivity index (χ4n) is 1.73. The van der Waals surface area contributed by atoms with Crippen LogP contribution in [0.5, 0.6) is 0 Å². The van der Waals surface area contributed by atoms with Gasteiger partial charge in [-0.2, -0.15) is 4.98 Å². The molecule has 0 bridgehead atoms. The second-order valence-corrected chi connectivity index (χ2v) is 4.01. The largest absolute Gasteiger partial charge is 0.380 e. The maximum absolute atomic E-state index is 5.40. The molecule has 1 aromatic rings. The number of hydrogen-bond donors (Lipinski definition) is 1. The zero-order chi connectivity index (χ0) is 13.4. The van der Waals surface area contributed by atoms with Gasteiger partial charge in [-0.05, 0) is 27.7 Å². The number of anilines is 2. The van der Waals surface area contributed by atoms with Crippen molar-refractivity contribution in [2.75, 3.05) is 43.1 Å². The molecule has 0 fully saturated rings. The van der Waals surface area contributed by atoms with Gasteiger partial charge in [0.2, 0.25) is 5.95 Å². The maximum Gasteiger partial charge on any atom is 0.224 e. The van der Waals surface area contributed by atoms with Crippen molar-refractivity contribution in [1.82, 2.24) is 9.97 Å². The lowest BCUT2D eigenvalue weighted by Crippen LogP contribution is -2.29. The van der Waals surface area contributed by atoms with Gasteiger partial charge in [0.15, 0.2) is 0 Å². The highest BCUT2D eigenvalue weighted by Crippen LogP contribution is 2.17. The number of rotatable bonds is 8. The Morgan fingerprint density at radius 1 is 1.33 bits per heavy atom. The Hall–Kier alpha value is -1.36. The minimum atomic E-state index is 0.688. The fourth-order valence-corrected chi connectivity index (χ4v) is 1.73. The fraction of sp³-hybridized carbons (Fsp3) is 0.692. The molecule has 1 rings (SSSR count). The molecule has 0 saturated carbocycles. The standard InChI is InChI=1S/C13H24N4O/c1-5-14-13-15-10-11(4)12(16-13)17(6-2)8-9-18-7-3/h10H,5-9H2,1-4H3,(H,14,15,16). The number of ether oxygens (including phenoxy) is 1. The van der Waals surface area contributed by atoms with Gasteiger partial charge in [-0.3, -0.25) is 0 Å². The van der Waals surface area contributed by atoms with Crippen LogP contribution in [0.25, 0.3) is 0 Å². The first-order valence-electron chi connectivity index (χ1n) is 6.63. The zero-order valence-corrected chi connectivity index (χ0v) is 11.9. The summed E-state index contributed by atoms with van der Waals surface area (Å²) < 4.78 is 5.40. The van der Waals surface area contributed by atoms with Crippen LogP contribution in [0, 0.1) is 6.92 Å². The first-order chi connectivity index (χ1) is 8.72. The summed E-state index contributed by atoms with van der Waals surface area (Å²) in [6, 6.07) is 0. The number of aromatic nitrogens is 2. The summed E-state index contributed by atoms with van der Waals surface area (Å²) in [5.74, 6) is 1.68. The van der Waals surface area contributed by atoms with Crippen LogP contribution in [0.3, 0.4) is 0 Å². The molecule has 0 atom stereocenters. The highest BCUT2D eigenvalue weighted by molar-refractivity contribution is 5.48. The molecule has 0 unspecified atom stereocenters. The second kappa shape index (κ2) is 7.87. The summed E-state index contributed by atoms with van der Waals surface area (Å²) in [5, 5.41) is 3.14. The SMILES string of the molecule is CCNc1ncc(C)c(N(CC)CCOCC)n1. The Kier molecular flexibility index (Phi) is 6.43. The number of likely N-dealkylation sites (N-methyl/N-ethyl adjacent to an activating group) is 1. The van der Waals surface area contributed by atoms with E-state index in [4.69, 9.17) is 4.74 Å². The summed E-state index contributed by atoms with van der Waals surface area (Å²) in [6.07, 6.45) is 1.86. The summed E-state index contributed by atoms with van der Waals surface area (Å²) in [7, 11) is 0. The highest BCUT2D eigenvalue weighted by Gasteiger charge is 2.10. The first-order valence-corrected chi connectivity index (χ1v) is 6.63. The molecule has 0 aliphatic heterocycles. The monoisotopic (exact) mass is 252 g/mol. The number of hydrogen-bond acceptors (Lipinski definition) is 5. The zero-order valence-electron chi connectivity index (χ0n) is 11.9. The van der Waals surface area contributed by atoms with Crippen LogP contribution in [0.2, 0.25) is 0 Å². The van der Waals surface area contributed by atoms with E-state index in [2.05, 4.69) is 27.1 Å². The van der Waals surface area contributed by atoms with E-state index in [-0.39, 0.29) is 0 Å². The van der Waals surface area contributed by atoms with E-state index < -0.39 is 0 Å². The van der Waals surface area contributed by atoms with Gasteiger partial charge in [-0.25, -0.2) is 4.98 Å². The molecule has 0 spiro atoms. The van der Waals surface area contributed by atoms with Crippen molar-refractivity contribution in [3.8, 4) is 0 Å². The Morgan fingerprint density at radius 3 is 2.72 bits per heavy atom. The van der Waals surface area contributed by atoms with Gasteiger partial charge in [0.25, 0.3) is 0 Å². The average Bonchev–Trinajstić information content (AvgIpc) is 2.38. The Bertz CT molecular complexity index is 357. The van der Waals surface area contributed by atoms with E-state index >= 15 is 0 Å². The molecule has 0 radical (unpaired) electrons. The van der Waals surface area contributed by atoms with Crippen molar-refractivity contribution >= 4 is 11.8 Å². The summed E-state index contributed by atoms with van der Waals surface area (Å²) >= 11 is 0. The van der Waals surface area contributed by atoms with Crippen LogP contribution >= 0.6 is 0 Å². The van der Waals surface area contributed by atoms with Crippen LogP contribution < -0.4 is 10.2 Å². The van der Waals surface area contributed by atoms with Crippen molar-refractivity contribution < 1.29 is 4.74 Å². The molecule has 0 amide bonds. The van der Waals surface area contributed by atoms with Crippen molar-refractivity contribution in [2.45, 2.75) is 27.7 Å². The Labute approximate surface area is 110 Å². The quantitative estimate of drug-likeness (QED) is 0.718. The molecule has 5 heteroatoms. The van der Waals surface area contributed by atoms with Gasteiger partial charge < -0.3 is 15.0 Å². The van der Waals surface area contributed by atoms with E-state index in [1.54, 1.807) is 0 Å². The van der Waals surface area contributed by atoms with Crippen molar-refractivity contribution in [3.63, 3.8) is 0 Å². The van der Waals surface area contributed by atoms with Crippen molar-refractivity contribution in [2.24, 2.45) is 0 Å². The third-order valence-electron chi connectivity index (χ3n) is 2.67. The minimum absolute atomic E-state index is 0.688. The molecule has 0 saturated heterocycles. The summed E-state index contributed by atoms with van der Waals surface area (Å²) in [6.45, 7) is 12.3. The van der Waals surface area contributed by atoms with Gasteiger partial charge in [0.05, 0.1) is 6.61 Å². The molecule has 1 N–H and O–H groups in total. The summed E-state index contributed by atoms with van der Waals surface area (Å²) in [5.41, 5.74) is 1.09. The molecule has 1 aromatic heterocycles. The molecule has 1 heterocycles. The van der Waals surface area contributed by atoms with E-state index in [0.29, 0.717) is 5.95 Å². The lowest BCUT2D eigenvalue weighted by molar-refractivity contribution is 0.154. The lowest BCUT2D eigenvalue weighted by Gasteiger charge is -2.23. The Morgan fingerprint density at radius 2 is 2.11 bits per heavy atom. The summed E-state index contributed by atoms with van der Waals surface area (Å²) in [4.78, 5) is 11.0. The van der Waals surface area contributed by atoms with Crippen LogP contribution in [0.1, 0.15) is 26.3 Å². The first kappa shape index (κ1) is 14.7. The number of aryl methyl sites for hydroxylation is 1. The molecule has 18 heavy (non-hydrogen) atoms. The van der Waals surface area contributed by atoms with Gasteiger partial charge in [-0.1, -0.05) is 0 Å². The van der Waals surface area contributed by atoms with Crippen LogP contribution in [0.15, 0.2) is 6.20 Å². The lowest BCUT2D eigenvalue weighted by atomic mass is 10.3. The molecule has 0 aromatic carbocycles. The van der Waals surface area contributed by atoms with Gasteiger partial charge >= 0.3 is 0 Å². The van der Waals surface area contributed by atoms with Crippen LogP contribution in [0.4, 0.5) is 11.8 Å². The van der Waals surface area contributed by atoms with Gasteiger partial charge in [-0.15, -0.1) is 0 Å². The van der Waals surface area contributed by atoms with E-state index in [1.165, 1.54) is 0 Å². The van der Waals surface area contributed by atoms with E-state index in [1.807, 2.05) is 27.0 Å². The number of nitrogens with one attached hydrogen (secondary N) is 1. The second-order valence-electron chi connectivity index (χ2n) is 4.01. The number of nitrogens with zero attached hydrogens (tertiary/aromatic N) is 3. The normalized spacial score (nSPS) is 10.4. The van der Waals surface area contributed by atoms with Crippen molar-refractivity contribution in [3.05, 3.63) is 11.8 Å². The van der Waals surface area contributed by atoms with Crippen LogP contribution in [-0.2, 0) is 4.74 Å². The molecular formula is C13H24N4O. The predicted molar refractivity (Wildman–Crippen MR) is 75.3 cm³/mol. The van der Waals surface area contributed by atoms with E-state index in [0.717, 1.165) is 44.2 Å². The third kappa shape index (κ3) is 4.14. The average molecular weight is 252 g/mol. The molecular weight excluding hydrogens is 228 g/mol. The minimum Gasteiger partial charge on any atom is -0.380 e.